The fourth-order valence-electron chi connectivity index (χ4n) is 2.14. The molecule has 0 radical (unpaired) electrons. The highest BCUT2D eigenvalue weighted by atomic mass is 16.5. The Bertz CT molecular complexity index is 695. The van der Waals surface area contributed by atoms with E-state index < -0.39 is 0 Å². The van der Waals surface area contributed by atoms with Crippen molar-refractivity contribution < 1.29 is 9.53 Å². The third-order valence-corrected chi connectivity index (χ3v) is 3.26. The van der Waals surface area contributed by atoms with E-state index in [9.17, 15) is 9.59 Å². The van der Waals surface area contributed by atoms with Crippen molar-refractivity contribution in [3.05, 3.63) is 44.7 Å². The molecule has 0 aliphatic carbocycles. The van der Waals surface area contributed by atoms with Crippen LogP contribution in [0.5, 0.6) is 0 Å². The molecule has 1 aromatic heterocycles. The monoisotopic (exact) mass is 260 g/mol. The lowest BCUT2D eigenvalue weighted by Gasteiger charge is -2.10. The first-order chi connectivity index (χ1) is 8.95. The summed E-state index contributed by atoms with van der Waals surface area (Å²) in [5.74, 6) is -0.380. The molecule has 5 heteroatoms. The molecule has 2 rings (SSSR count). The van der Waals surface area contributed by atoms with Crippen LogP contribution in [-0.2, 0) is 4.74 Å². The van der Waals surface area contributed by atoms with Crippen molar-refractivity contribution in [1.29, 1.82) is 0 Å². The number of benzene rings is 1. The van der Waals surface area contributed by atoms with Gasteiger partial charge in [-0.15, -0.1) is 0 Å². The van der Waals surface area contributed by atoms with E-state index in [1.165, 1.54) is 7.11 Å². The Balaban J connectivity index is 2.67. The van der Waals surface area contributed by atoms with E-state index >= 15 is 0 Å². The van der Waals surface area contributed by atoms with Crippen LogP contribution in [0.1, 0.15) is 27.0 Å². The molecule has 1 heterocycles. The molecule has 100 valence electrons. The fourth-order valence-corrected chi connectivity index (χ4v) is 2.14. The maximum Gasteiger partial charge on any atom is 0.338 e. The first-order valence-corrected chi connectivity index (χ1v) is 5.93. The van der Waals surface area contributed by atoms with Gasteiger partial charge in [0.2, 0.25) is 0 Å². The molecule has 19 heavy (non-hydrogen) atoms. The number of ether oxygens (including phenoxy) is 1. The Labute approximate surface area is 110 Å². The Morgan fingerprint density at radius 2 is 1.79 bits per heavy atom. The van der Waals surface area contributed by atoms with Crippen molar-refractivity contribution in [2.75, 3.05) is 7.11 Å². The quantitative estimate of drug-likeness (QED) is 0.812. The van der Waals surface area contributed by atoms with Gasteiger partial charge >= 0.3 is 5.97 Å². The van der Waals surface area contributed by atoms with Gasteiger partial charge in [-0.3, -0.25) is 15.0 Å². The average Bonchev–Trinajstić information content (AvgIpc) is 2.70. The Morgan fingerprint density at radius 1 is 1.11 bits per heavy atom. The highest BCUT2D eigenvalue weighted by Gasteiger charge is 2.16. The van der Waals surface area contributed by atoms with Crippen LogP contribution < -0.4 is 5.56 Å². The van der Waals surface area contributed by atoms with Crippen molar-refractivity contribution >= 4 is 5.97 Å². The molecule has 0 aliphatic rings. The molecule has 0 saturated heterocycles. The highest BCUT2D eigenvalue weighted by molar-refractivity contribution is 5.93. The number of carbonyl (C=O) groups is 1. The van der Waals surface area contributed by atoms with Crippen molar-refractivity contribution in [3.63, 3.8) is 0 Å². The molecule has 0 amide bonds. The molecule has 5 nitrogen and oxygen atoms in total. The summed E-state index contributed by atoms with van der Waals surface area (Å²) in [4.78, 5) is 23.2. The van der Waals surface area contributed by atoms with Crippen LogP contribution >= 0.6 is 0 Å². The molecular weight excluding hydrogens is 244 g/mol. The lowest BCUT2D eigenvalue weighted by atomic mass is 9.96. The number of aromatic nitrogens is 2. The second-order valence-corrected chi connectivity index (χ2v) is 4.55. The summed E-state index contributed by atoms with van der Waals surface area (Å²) < 4.78 is 4.76. The summed E-state index contributed by atoms with van der Waals surface area (Å²) in [5, 5.41) is 5.39. The molecule has 2 N–H and O–H groups in total. The number of methoxy groups -OCH3 is 1. The zero-order valence-corrected chi connectivity index (χ0v) is 11.4. The normalized spacial score (nSPS) is 10.5. The molecule has 0 bridgehead atoms. The SMILES string of the molecule is COC(=O)c1cc(-c2[nH][nH]c(=O)c2C)c(C)cc1C. The third-order valence-electron chi connectivity index (χ3n) is 3.26. The van der Waals surface area contributed by atoms with Gasteiger partial charge in [-0.05, 0) is 38.0 Å². The van der Waals surface area contributed by atoms with Crippen LogP contribution in [0.3, 0.4) is 0 Å². The van der Waals surface area contributed by atoms with Crippen LogP contribution in [0.15, 0.2) is 16.9 Å². The number of H-pyrrole nitrogens is 2. The van der Waals surface area contributed by atoms with Gasteiger partial charge in [0.25, 0.3) is 5.56 Å². The van der Waals surface area contributed by atoms with E-state index in [4.69, 9.17) is 4.74 Å². The predicted molar refractivity (Wildman–Crippen MR) is 72.4 cm³/mol. The number of rotatable bonds is 2. The van der Waals surface area contributed by atoms with Gasteiger partial charge < -0.3 is 4.74 Å². The van der Waals surface area contributed by atoms with E-state index in [2.05, 4.69) is 10.2 Å². The number of hydrogen-bond donors (Lipinski definition) is 2. The summed E-state index contributed by atoms with van der Waals surface area (Å²) in [7, 11) is 1.35. The van der Waals surface area contributed by atoms with Gasteiger partial charge in [-0.1, -0.05) is 6.07 Å². The minimum absolute atomic E-state index is 0.158. The number of aryl methyl sites for hydroxylation is 2. The van der Waals surface area contributed by atoms with Crippen molar-refractivity contribution in [2.24, 2.45) is 0 Å². The number of aromatic amines is 2. The second-order valence-electron chi connectivity index (χ2n) is 4.55. The van der Waals surface area contributed by atoms with Crippen molar-refractivity contribution in [1.82, 2.24) is 10.2 Å². The van der Waals surface area contributed by atoms with Crippen LogP contribution in [-0.4, -0.2) is 23.3 Å². The molecular formula is C14H16N2O3. The van der Waals surface area contributed by atoms with Crippen LogP contribution in [0.4, 0.5) is 0 Å². The minimum Gasteiger partial charge on any atom is -0.465 e. The average molecular weight is 260 g/mol. The zero-order chi connectivity index (χ0) is 14.2. The highest BCUT2D eigenvalue weighted by Crippen LogP contribution is 2.26. The topological polar surface area (TPSA) is 75.0 Å². The van der Waals surface area contributed by atoms with Gasteiger partial charge in [0.15, 0.2) is 0 Å². The molecule has 2 aromatic rings. The Morgan fingerprint density at radius 3 is 2.32 bits per heavy atom. The molecule has 1 aromatic carbocycles. The summed E-state index contributed by atoms with van der Waals surface area (Å²) in [6.07, 6.45) is 0. The molecule has 0 fully saturated rings. The molecule has 0 saturated carbocycles. The largest absolute Gasteiger partial charge is 0.465 e. The number of hydrogen-bond acceptors (Lipinski definition) is 3. The first-order valence-electron chi connectivity index (χ1n) is 5.93. The van der Waals surface area contributed by atoms with Crippen LogP contribution in [0.25, 0.3) is 11.3 Å². The van der Waals surface area contributed by atoms with Crippen LogP contribution in [0, 0.1) is 20.8 Å². The fraction of sp³-hybridized carbons (Fsp3) is 0.286. The molecule has 0 unspecified atom stereocenters. The number of esters is 1. The third kappa shape index (κ3) is 2.19. The van der Waals surface area contributed by atoms with E-state index in [1.54, 1.807) is 13.0 Å². The summed E-state index contributed by atoms with van der Waals surface area (Å²) in [6.45, 7) is 5.53. The maximum atomic E-state index is 11.7. The summed E-state index contributed by atoms with van der Waals surface area (Å²) in [6, 6.07) is 3.66. The van der Waals surface area contributed by atoms with E-state index in [0.29, 0.717) is 16.8 Å². The number of nitrogens with one attached hydrogen (secondary N) is 2. The summed E-state index contributed by atoms with van der Waals surface area (Å²) in [5.41, 5.74) is 4.31. The molecule has 0 spiro atoms. The Hall–Kier alpha value is -2.30. The van der Waals surface area contributed by atoms with E-state index in [1.807, 2.05) is 19.9 Å². The Kier molecular flexibility index (Phi) is 3.29. The molecule has 0 atom stereocenters. The van der Waals surface area contributed by atoms with Crippen molar-refractivity contribution in [2.45, 2.75) is 20.8 Å². The standard InChI is InChI=1S/C14H16N2O3/c1-7-5-8(2)11(14(18)19-4)6-10(7)12-9(3)13(17)16-15-12/h5-6H,1-4H3,(H2,15,16,17). The summed E-state index contributed by atoms with van der Waals surface area (Å²) >= 11 is 0. The number of carbonyl (C=O) groups excluding carboxylic acids is 1. The van der Waals surface area contributed by atoms with Gasteiger partial charge in [0, 0.05) is 11.1 Å². The predicted octanol–water partition coefficient (Wildman–Crippen LogP) is 2.08. The lowest BCUT2D eigenvalue weighted by molar-refractivity contribution is 0.0600. The van der Waals surface area contributed by atoms with Crippen LogP contribution in [0.2, 0.25) is 0 Å². The minimum atomic E-state index is -0.380. The molecule has 0 aliphatic heterocycles. The maximum absolute atomic E-state index is 11.7. The van der Waals surface area contributed by atoms with Crippen molar-refractivity contribution in [3.8, 4) is 11.3 Å². The van der Waals surface area contributed by atoms with Gasteiger partial charge in [-0.2, -0.15) is 0 Å². The van der Waals surface area contributed by atoms with Gasteiger partial charge in [-0.25, -0.2) is 4.79 Å². The first kappa shape index (κ1) is 13.1. The zero-order valence-electron chi connectivity index (χ0n) is 11.4. The van der Waals surface area contributed by atoms with Gasteiger partial charge in [0.05, 0.1) is 18.4 Å². The lowest BCUT2D eigenvalue weighted by Crippen LogP contribution is -2.05. The second kappa shape index (κ2) is 4.76. The van der Waals surface area contributed by atoms with E-state index in [0.717, 1.165) is 16.7 Å². The van der Waals surface area contributed by atoms with Gasteiger partial charge in [0.1, 0.15) is 0 Å². The van der Waals surface area contributed by atoms with E-state index in [-0.39, 0.29) is 11.5 Å². The smallest absolute Gasteiger partial charge is 0.338 e.